The summed E-state index contributed by atoms with van der Waals surface area (Å²) < 4.78 is 4.56. The van der Waals surface area contributed by atoms with Crippen LogP contribution in [0.4, 0.5) is 5.69 Å². The molecule has 1 aliphatic rings. The number of nitro groups is 1. The Labute approximate surface area is 136 Å². The maximum Gasteiger partial charge on any atom is 0.473 e. The van der Waals surface area contributed by atoms with Crippen LogP contribution in [0.15, 0.2) is 34.5 Å². The molecule has 0 radical (unpaired) electrons. The fourth-order valence-corrected chi connectivity index (χ4v) is 1.89. The number of nitrogens with one attached hydrogen (secondary N) is 2. The van der Waals surface area contributed by atoms with E-state index < -0.39 is 16.7 Å². The molecule has 0 bridgehead atoms. The third-order valence-corrected chi connectivity index (χ3v) is 3.04. The Hall–Kier alpha value is -3.30. The number of hydrazone groups is 2. The first-order valence-corrected chi connectivity index (χ1v) is 7.12. The van der Waals surface area contributed by atoms with Crippen molar-refractivity contribution < 1.29 is 19.2 Å². The molecule has 1 aliphatic heterocycles. The number of carbonyl (C=O) groups is 2. The summed E-state index contributed by atoms with van der Waals surface area (Å²) in [5, 5.41) is 18.2. The fraction of sp³-hybridized carbons (Fsp3) is 0.286. The van der Waals surface area contributed by atoms with E-state index >= 15 is 0 Å². The van der Waals surface area contributed by atoms with Gasteiger partial charge in [-0.05, 0) is 29.5 Å². The Morgan fingerprint density at radius 1 is 1.42 bits per heavy atom. The number of benzene rings is 1. The molecule has 1 amide bonds. The highest BCUT2D eigenvalue weighted by Crippen LogP contribution is 2.14. The van der Waals surface area contributed by atoms with Crippen LogP contribution in [0.5, 0.6) is 0 Å². The van der Waals surface area contributed by atoms with Gasteiger partial charge >= 0.3 is 11.8 Å². The fourth-order valence-electron chi connectivity index (χ4n) is 1.89. The van der Waals surface area contributed by atoms with E-state index in [-0.39, 0.29) is 12.5 Å². The number of hydrogen-bond acceptors (Lipinski definition) is 8. The smallest absolute Gasteiger partial charge is 0.457 e. The number of ether oxygens (including phenoxy) is 1. The summed E-state index contributed by atoms with van der Waals surface area (Å²) in [5.41, 5.74) is 6.84. The molecule has 0 spiro atoms. The largest absolute Gasteiger partial charge is 0.473 e. The van der Waals surface area contributed by atoms with Gasteiger partial charge in [0.25, 0.3) is 0 Å². The van der Waals surface area contributed by atoms with Gasteiger partial charge < -0.3 is 14.9 Å². The molecule has 1 aromatic carbocycles. The monoisotopic (exact) mass is 333 g/mol. The Kier molecular flexibility index (Phi) is 5.55. The lowest BCUT2D eigenvalue weighted by molar-refractivity contribution is -0.350. The van der Waals surface area contributed by atoms with Gasteiger partial charge in [-0.15, -0.1) is 0 Å². The van der Waals surface area contributed by atoms with Crippen LogP contribution in [0.2, 0.25) is 0 Å². The molecule has 0 aliphatic carbocycles. The van der Waals surface area contributed by atoms with Crippen molar-refractivity contribution in [3.05, 3.63) is 39.9 Å². The molecule has 1 aromatic rings. The number of amidine groups is 1. The molecule has 0 atom stereocenters. The summed E-state index contributed by atoms with van der Waals surface area (Å²) in [6.07, 6.45) is 0.903. The van der Waals surface area contributed by atoms with Crippen LogP contribution >= 0.6 is 0 Å². The Morgan fingerprint density at radius 2 is 2.12 bits per heavy atom. The minimum atomic E-state index is -1.11. The molecule has 126 valence electrons. The zero-order valence-corrected chi connectivity index (χ0v) is 12.8. The van der Waals surface area contributed by atoms with E-state index in [0.29, 0.717) is 18.5 Å². The summed E-state index contributed by atoms with van der Waals surface area (Å²) in [5.74, 6) is -2.17. The molecule has 10 nitrogen and oxygen atoms in total. The summed E-state index contributed by atoms with van der Waals surface area (Å²) in [4.78, 5) is 32.4. The van der Waals surface area contributed by atoms with Crippen LogP contribution in [0.3, 0.4) is 0 Å². The van der Waals surface area contributed by atoms with Gasteiger partial charge in [-0.2, -0.15) is 10.5 Å². The van der Waals surface area contributed by atoms with E-state index in [1.54, 1.807) is 24.3 Å². The van der Waals surface area contributed by atoms with Crippen molar-refractivity contribution in [1.29, 1.82) is 0 Å². The lowest BCUT2D eigenvalue weighted by atomic mass is 10.0. The van der Waals surface area contributed by atoms with Crippen molar-refractivity contribution in [3.8, 4) is 0 Å². The highest BCUT2D eigenvalue weighted by atomic mass is 16.6. The average molecular weight is 333 g/mol. The third kappa shape index (κ3) is 4.35. The number of hydrogen-bond donors (Lipinski definition) is 2. The quantitative estimate of drug-likeness (QED) is 0.276. The number of rotatable bonds is 4. The van der Waals surface area contributed by atoms with Gasteiger partial charge in [0, 0.05) is 12.8 Å². The van der Waals surface area contributed by atoms with E-state index in [0.717, 1.165) is 11.3 Å². The van der Waals surface area contributed by atoms with Gasteiger partial charge in [0.2, 0.25) is 5.91 Å². The zero-order valence-electron chi connectivity index (χ0n) is 12.8. The van der Waals surface area contributed by atoms with Crippen LogP contribution < -0.4 is 10.9 Å². The molecule has 2 rings (SSSR count). The first-order chi connectivity index (χ1) is 11.5. The summed E-state index contributed by atoms with van der Waals surface area (Å²) >= 11 is 0. The number of amides is 1. The van der Waals surface area contributed by atoms with Crippen molar-refractivity contribution in [2.24, 2.45) is 10.2 Å². The number of nitrogens with zero attached hydrogens (tertiary/aromatic N) is 3. The molecule has 0 fully saturated rings. The maximum absolute atomic E-state index is 11.4. The van der Waals surface area contributed by atoms with E-state index in [9.17, 15) is 19.7 Å². The lowest BCUT2D eigenvalue weighted by Crippen LogP contribution is -2.26. The van der Waals surface area contributed by atoms with Crippen molar-refractivity contribution in [2.45, 2.75) is 19.8 Å². The summed E-state index contributed by atoms with van der Waals surface area (Å²) in [6.45, 7) is 1.55. The van der Waals surface area contributed by atoms with Crippen LogP contribution in [0.1, 0.15) is 25.3 Å². The molecular formula is C14H15N5O5. The van der Waals surface area contributed by atoms with E-state index in [4.69, 9.17) is 0 Å². The number of carbonyl (C=O) groups excluding carboxylic acids is 2. The second-order valence-corrected chi connectivity index (χ2v) is 4.70. The predicted molar refractivity (Wildman–Crippen MR) is 85.0 cm³/mol. The van der Waals surface area contributed by atoms with Gasteiger partial charge in [0.05, 0.1) is 23.1 Å². The second kappa shape index (κ2) is 7.81. The van der Waals surface area contributed by atoms with Crippen molar-refractivity contribution >= 4 is 29.1 Å². The minimum Gasteiger partial charge on any atom is -0.457 e. The molecule has 0 unspecified atom stereocenters. The van der Waals surface area contributed by atoms with Crippen molar-refractivity contribution in [1.82, 2.24) is 5.43 Å². The van der Waals surface area contributed by atoms with Crippen LogP contribution in [-0.4, -0.2) is 35.0 Å². The molecular weight excluding hydrogens is 318 g/mol. The standard InChI is InChI=1S/C14H15N5O5/c1-2-24-14(21)13(19(22)23)18-15-10-5-3-9(4-6-10)11-7-8-12(20)17-16-11/h3-6,15H,2,7-8H2,1H3,(H,17,20)/b18-13-. The summed E-state index contributed by atoms with van der Waals surface area (Å²) in [7, 11) is 0. The minimum absolute atomic E-state index is 0.0129. The molecule has 0 aromatic heterocycles. The first kappa shape index (κ1) is 17.1. The van der Waals surface area contributed by atoms with Crippen molar-refractivity contribution in [2.75, 3.05) is 12.0 Å². The normalized spacial score (nSPS) is 14.5. The number of anilines is 1. The Morgan fingerprint density at radius 3 is 2.67 bits per heavy atom. The highest BCUT2D eigenvalue weighted by molar-refractivity contribution is 6.31. The first-order valence-electron chi connectivity index (χ1n) is 7.12. The zero-order chi connectivity index (χ0) is 17.5. The van der Waals surface area contributed by atoms with Crippen LogP contribution in [0, 0.1) is 10.1 Å². The predicted octanol–water partition coefficient (Wildman–Crippen LogP) is 0.866. The summed E-state index contributed by atoms with van der Waals surface area (Å²) in [6, 6.07) is 6.70. The van der Waals surface area contributed by atoms with E-state index in [1.165, 1.54) is 6.92 Å². The molecule has 10 heteroatoms. The topological polar surface area (TPSA) is 135 Å². The Balaban J connectivity index is 2.08. The Bertz CT molecular complexity index is 711. The van der Waals surface area contributed by atoms with Gasteiger partial charge in [-0.1, -0.05) is 12.1 Å². The highest BCUT2D eigenvalue weighted by Gasteiger charge is 2.26. The van der Waals surface area contributed by atoms with Crippen LogP contribution in [-0.2, 0) is 14.3 Å². The van der Waals surface area contributed by atoms with Crippen LogP contribution in [0.25, 0.3) is 0 Å². The second-order valence-electron chi connectivity index (χ2n) is 4.70. The van der Waals surface area contributed by atoms with Gasteiger partial charge in [-0.25, -0.2) is 10.2 Å². The average Bonchev–Trinajstić information content (AvgIpc) is 2.56. The SMILES string of the molecule is CCOC(=O)/C(=N/Nc1ccc(C2=NNC(=O)CC2)cc1)[N+](=O)[O-]. The molecule has 0 saturated carbocycles. The van der Waals surface area contributed by atoms with Gasteiger partial charge in [0.15, 0.2) is 0 Å². The molecule has 0 saturated heterocycles. The number of esters is 1. The van der Waals surface area contributed by atoms with E-state index in [2.05, 4.69) is 25.8 Å². The molecule has 2 N–H and O–H groups in total. The maximum atomic E-state index is 11.4. The van der Waals surface area contributed by atoms with Gasteiger partial charge in [-0.3, -0.25) is 4.79 Å². The molecule has 1 heterocycles. The van der Waals surface area contributed by atoms with Gasteiger partial charge in [0.1, 0.15) is 0 Å². The van der Waals surface area contributed by atoms with E-state index in [1.807, 2.05) is 0 Å². The third-order valence-electron chi connectivity index (χ3n) is 3.04. The molecule has 24 heavy (non-hydrogen) atoms. The lowest BCUT2D eigenvalue weighted by Gasteiger charge is -2.12. The van der Waals surface area contributed by atoms with Crippen molar-refractivity contribution in [3.63, 3.8) is 0 Å².